The molecule has 148 valence electrons. The maximum absolute atomic E-state index is 12.6. The van der Waals surface area contributed by atoms with Gasteiger partial charge in [-0.2, -0.15) is 0 Å². The lowest BCUT2D eigenvalue weighted by Crippen LogP contribution is -2.40. The topological polar surface area (TPSA) is 91.3 Å². The van der Waals surface area contributed by atoms with Gasteiger partial charge < -0.3 is 10.4 Å². The van der Waals surface area contributed by atoms with Gasteiger partial charge in [-0.1, -0.05) is 36.4 Å². The first kappa shape index (κ1) is 20.4. The number of nitrogens with one attached hydrogen (secondary N) is 2. The van der Waals surface area contributed by atoms with Gasteiger partial charge in [0, 0.05) is 30.4 Å². The summed E-state index contributed by atoms with van der Waals surface area (Å²) < 4.78 is 27.9. The Morgan fingerprint density at radius 2 is 1.86 bits per heavy atom. The third kappa shape index (κ3) is 5.36. The van der Waals surface area contributed by atoms with Gasteiger partial charge in [0.1, 0.15) is 0 Å². The summed E-state index contributed by atoms with van der Waals surface area (Å²) in [4.78, 5) is 4.27. The van der Waals surface area contributed by atoms with Crippen LogP contribution in [-0.4, -0.2) is 37.6 Å². The molecular formula is C21H25N3O3S. The third-order valence-electron chi connectivity index (χ3n) is 4.51. The highest BCUT2D eigenvalue weighted by Crippen LogP contribution is 2.18. The van der Waals surface area contributed by atoms with E-state index >= 15 is 0 Å². The molecule has 28 heavy (non-hydrogen) atoms. The van der Waals surface area contributed by atoms with Gasteiger partial charge in [0.2, 0.25) is 10.0 Å². The zero-order valence-corrected chi connectivity index (χ0v) is 16.6. The molecule has 3 aromatic rings. The molecule has 2 unspecified atom stereocenters. The summed E-state index contributed by atoms with van der Waals surface area (Å²) in [7, 11) is -3.61. The van der Waals surface area contributed by atoms with Crippen LogP contribution in [0.25, 0.3) is 10.8 Å². The molecule has 1 aromatic heterocycles. The van der Waals surface area contributed by atoms with Crippen LogP contribution < -0.4 is 10.0 Å². The van der Waals surface area contributed by atoms with Crippen molar-refractivity contribution in [3.63, 3.8) is 0 Å². The number of nitrogens with zero attached hydrogens (tertiary/aromatic N) is 1. The fourth-order valence-electron chi connectivity index (χ4n) is 3.00. The molecule has 0 saturated carbocycles. The Bertz CT molecular complexity index is 1010. The molecule has 1 heterocycles. The Morgan fingerprint density at radius 1 is 1.07 bits per heavy atom. The van der Waals surface area contributed by atoms with E-state index in [1.807, 2.05) is 37.3 Å². The number of aliphatic hydroxyl groups is 1. The van der Waals surface area contributed by atoms with Crippen molar-refractivity contribution in [2.24, 2.45) is 0 Å². The van der Waals surface area contributed by atoms with Crippen molar-refractivity contribution in [1.82, 2.24) is 15.0 Å². The fourth-order valence-corrected chi connectivity index (χ4v) is 4.28. The standard InChI is InChI=1S/C21H25N3O3S/c1-16(14-22-12-10-21(25)17-5-3-2-4-6-17)24-28(26,27)20-8-7-19-15-23-11-9-18(19)13-20/h2-9,11,13,15-16,21-22,24-25H,10,12,14H2,1H3. The zero-order chi connectivity index (χ0) is 20.0. The quantitative estimate of drug-likeness (QED) is 0.481. The maximum atomic E-state index is 12.6. The van der Waals surface area contributed by atoms with E-state index in [-0.39, 0.29) is 10.9 Å². The molecule has 0 spiro atoms. The van der Waals surface area contributed by atoms with E-state index in [0.717, 1.165) is 16.3 Å². The van der Waals surface area contributed by atoms with Crippen LogP contribution in [0.1, 0.15) is 25.0 Å². The van der Waals surface area contributed by atoms with E-state index in [1.165, 1.54) is 0 Å². The second-order valence-electron chi connectivity index (χ2n) is 6.83. The van der Waals surface area contributed by atoms with Crippen molar-refractivity contribution in [3.8, 4) is 0 Å². The highest BCUT2D eigenvalue weighted by Gasteiger charge is 2.17. The molecule has 0 aliphatic heterocycles. The van der Waals surface area contributed by atoms with E-state index in [1.54, 1.807) is 36.7 Å². The van der Waals surface area contributed by atoms with Crippen LogP contribution in [0.4, 0.5) is 0 Å². The molecule has 0 radical (unpaired) electrons. The molecule has 0 saturated heterocycles. The number of hydrogen-bond donors (Lipinski definition) is 3. The number of aliphatic hydroxyl groups excluding tert-OH is 1. The maximum Gasteiger partial charge on any atom is 0.240 e. The Kier molecular flexibility index (Phi) is 6.74. The van der Waals surface area contributed by atoms with Crippen molar-refractivity contribution in [3.05, 3.63) is 72.6 Å². The van der Waals surface area contributed by atoms with E-state index in [4.69, 9.17) is 0 Å². The minimum absolute atomic E-state index is 0.234. The van der Waals surface area contributed by atoms with Gasteiger partial charge in [0.25, 0.3) is 0 Å². The Labute approximate surface area is 165 Å². The number of pyridine rings is 1. The van der Waals surface area contributed by atoms with Crippen molar-refractivity contribution in [2.75, 3.05) is 13.1 Å². The average Bonchev–Trinajstić information content (AvgIpc) is 2.71. The normalized spacial score (nSPS) is 14.1. The van der Waals surface area contributed by atoms with Crippen LogP contribution >= 0.6 is 0 Å². The highest BCUT2D eigenvalue weighted by atomic mass is 32.2. The molecule has 6 nitrogen and oxygen atoms in total. The van der Waals surface area contributed by atoms with Crippen LogP contribution in [0.3, 0.4) is 0 Å². The molecule has 0 bridgehead atoms. The summed E-state index contributed by atoms with van der Waals surface area (Å²) in [6.07, 6.45) is 3.37. The molecule has 0 aliphatic rings. The first-order valence-corrected chi connectivity index (χ1v) is 10.7. The predicted octanol–water partition coefficient (Wildman–Crippen LogP) is 2.61. The highest BCUT2D eigenvalue weighted by molar-refractivity contribution is 7.89. The van der Waals surface area contributed by atoms with Gasteiger partial charge >= 0.3 is 0 Å². The SMILES string of the molecule is CC(CNCCC(O)c1ccccc1)NS(=O)(=O)c1ccc2cnccc2c1. The Balaban J connectivity index is 1.49. The smallest absolute Gasteiger partial charge is 0.240 e. The number of hydrogen-bond acceptors (Lipinski definition) is 5. The fraction of sp³-hybridized carbons (Fsp3) is 0.286. The van der Waals surface area contributed by atoms with Crippen LogP contribution in [0.15, 0.2) is 71.9 Å². The Hall–Kier alpha value is -2.32. The van der Waals surface area contributed by atoms with Crippen molar-refractivity contribution in [1.29, 1.82) is 0 Å². The molecule has 3 N–H and O–H groups in total. The molecule has 2 atom stereocenters. The van der Waals surface area contributed by atoms with Gasteiger partial charge in [-0.05, 0) is 49.0 Å². The second kappa shape index (κ2) is 9.25. The van der Waals surface area contributed by atoms with Crippen LogP contribution in [0.2, 0.25) is 0 Å². The molecule has 2 aromatic carbocycles. The summed E-state index contributed by atoms with van der Waals surface area (Å²) in [6.45, 7) is 2.87. The summed E-state index contributed by atoms with van der Waals surface area (Å²) in [6, 6.07) is 16.0. The molecule has 0 amide bonds. The van der Waals surface area contributed by atoms with E-state index in [2.05, 4.69) is 15.0 Å². The zero-order valence-electron chi connectivity index (χ0n) is 15.7. The number of aromatic nitrogens is 1. The number of sulfonamides is 1. The number of fused-ring (bicyclic) bond motifs is 1. The minimum atomic E-state index is -3.61. The van der Waals surface area contributed by atoms with Gasteiger partial charge in [0.05, 0.1) is 11.0 Å². The Morgan fingerprint density at radius 3 is 2.64 bits per heavy atom. The summed E-state index contributed by atoms with van der Waals surface area (Å²) >= 11 is 0. The van der Waals surface area contributed by atoms with E-state index in [0.29, 0.717) is 19.5 Å². The van der Waals surface area contributed by atoms with Crippen molar-refractivity contribution in [2.45, 2.75) is 30.4 Å². The van der Waals surface area contributed by atoms with Crippen LogP contribution in [-0.2, 0) is 10.0 Å². The third-order valence-corrected chi connectivity index (χ3v) is 6.10. The van der Waals surface area contributed by atoms with Gasteiger partial charge in [0.15, 0.2) is 0 Å². The van der Waals surface area contributed by atoms with Gasteiger partial charge in [-0.3, -0.25) is 4.98 Å². The average molecular weight is 400 g/mol. The van der Waals surface area contributed by atoms with Crippen molar-refractivity contribution >= 4 is 20.8 Å². The first-order valence-electron chi connectivity index (χ1n) is 9.25. The predicted molar refractivity (Wildman–Crippen MR) is 110 cm³/mol. The van der Waals surface area contributed by atoms with E-state index in [9.17, 15) is 13.5 Å². The minimum Gasteiger partial charge on any atom is -0.388 e. The molecule has 3 rings (SSSR count). The lowest BCUT2D eigenvalue weighted by molar-refractivity contribution is 0.166. The first-order chi connectivity index (χ1) is 13.5. The molecular weight excluding hydrogens is 374 g/mol. The van der Waals surface area contributed by atoms with E-state index < -0.39 is 16.1 Å². The van der Waals surface area contributed by atoms with Gasteiger partial charge in [-0.15, -0.1) is 0 Å². The summed E-state index contributed by atoms with van der Waals surface area (Å²) in [5.41, 5.74) is 0.879. The van der Waals surface area contributed by atoms with Gasteiger partial charge in [-0.25, -0.2) is 13.1 Å². The van der Waals surface area contributed by atoms with Crippen LogP contribution in [0, 0.1) is 0 Å². The largest absolute Gasteiger partial charge is 0.388 e. The lowest BCUT2D eigenvalue weighted by atomic mass is 10.1. The van der Waals surface area contributed by atoms with Crippen LogP contribution in [0.5, 0.6) is 0 Å². The molecule has 7 heteroatoms. The van der Waals surface area contributed by atoms with Crippen molar-refractivity contribution < 1.29 is 13.5 Å². The number of rotatable bonds is 9. The summed E-state index contributed by atoms with van der Waals surface area (Å²) in [5.74, 6) is 0. The number of benzene rings is 2. The summed E-state index contributed by atoms with van der Waals surface area (Å²) in [5, 5.41) is 15.1. The molecule has 0 fully saturated rings. The lowest BCUT2D eigenvalue weighted by Gasteiger charge is -2.16. The second-order valence-corrected chi connectivity index (χ2v) is 8.54. The monoisotopic (exact) mass is 399 g/mol. The molecule has 0 aliphatic carbocycles.